The Labute approximate surface area is 159 Å². The van der Waals surface area contributed by atoms with Crippen molar-refractivity contribution in [2.24, 2.45) is 23.7 Å². The average Bonchev–Trinajstić information content (AvgIpc) is 3.15. The van der Waals surface area contributed by atoms with E-state index in [4.69, 9.17) is 0 Å². The predicted octanol–water partition coefficient (Wildman–Crippen LogP) is 3.52. The fourth-order valence-electron chi connectivity index (χ4n) is 5.13. The molecule has 0 N–H and O–H groups in total. The second-order valence-corrected chi connectivity index (χ2v) is 8.68. The van der Waals surface area contributed by atoms with Crippen molar-refractivity contribution >= 4 is 11.7 Å². The monoisotopic (exact) mass is 360 g/mol. The molecule has 3 fully saturated rings. The van der Waals surface area contributed by atoms with E-state index >= 15 is 0 Å². The van der Waals surface area contributed by atoms with Gasteiger partial charge in [0.1, 0.15) is 5.78 Å². The number of amides is 1. The van der Waals surface area contributed by atoms with Crippen molar-refractivity contribution in [3.05, 3.63) is 12.7 Å². The Balaban J connectivity index is 1.39. The molecule has 4 heteroatoms. The van der Waals surface area contributed by atoms with Gasteiger partial charge in [0.25, 0.3) is 0 Å². The highest BCUT2D eigenvalue weighted by Gasteiger charge is 2.33. The van der Waals surface area contributed by atoms with Crippen molar-refractivity contribution < 1.29 is 9.59 Å². The number of piperidine rings is 1. The van der Waals surface area contributed by atoms with Gasteiger partial charge in [-0.1, -0.05) is 13.0 Å². The molecule has 1 amide bonds. The summed E-state index contributed by atoms with van der Waals surface area (Å²) in [4.78, 5) is 29.4. The minimum atomic E-state index is 0.166. The standard InChI is InChI=1S/C22H36N2O2/c1-3-17-9-12-23(15-17)16-18-10-13-24(14-11-18)22(26)20-7-5-19(6-8-20)21(25)4-2/h3,17-20H,1,4-16H2,2H3. The van der Waals surface area contributed by atoms with E-state index in [0.29, 0.717) is 24.0 Å². The van der Waals surface area contributed by atoms with Crippen LogP contribution in [0.2, 0.25) is 0 Å². The fraction of sp³-hybridized carbons (Fsp3) is 0.818. The number of Topliss-reactive ketones (excluding diaryl/α,β-unsaturated/α-hetero) is 1. The molecule has 4 nitrogen and oxygen atoms in total. The van der Waals surface area contributed by atoms with E-state index < -0.39 is 0 Å². The van der Waals surface area contributed by atoms with E-state index in [9.17, 15) is 9.59 Å². The molecule has 146 valence electrons. The Morgan fingerprint density at radius 3 is 2.19 bits per heavy atom. The number of carbonyl (C=O) groups excluding carboxylic acids is 2. The van der Waals surface area contributed by atoms with Crippen LogP contribution in [0.1, 0.15) is 58.3 Å². The van der Waals surface area contributed by atoms with Crippen molar-refractivity contribution in [1.29, 1.82) is 0 Å². The lowest BCUT2D eigenvalue weighted by Crippen LogP contribution is -2.44. The molecule has 0 radical (unpaired) electrons. The molecule has 3 aliphatic rings. The van der Waals surface area contributed by atoms with Gasteiger partial charge >= 0.3 is 0 Å². The fourth-order valence-corrected chi connectivity index (χ4v) is 5.13. The normalized spacial score (nSPS) is 31.1. The van der Waals surface area contributed by atoms with Crippen molar-refractivity contribution in [2.45, 2.75) is 58.3 Å². The summed E-state index contributed by atoms with van der Waals surface area (Å²) in [6.07, 6.45) is 9.93. The van der Waals surface area contributed by atoms with Crippen molar-refractivity contribution in [3.63, 3.8) is 0 Å². The zero-order valence-electron chi connectivity index (χ0n) is 16.5. The van der Waals surface area contributed by atoms with Crippen molar-refractivity contribution in [2.75, 3.05) is 32.7 Å². The topological polar surface area (TPSA) is 40.6 Å². The van der Waals surface area contributed by atoms with Gasteiger partial charge in [0, 0.05) is 44.4 Å². The zero-order chi connectivity index (χ0) is 18.5. The van der Waals surface area contributed by atoms with Crippen LogP contribution in [0.5, 0.6) is 0 Å². The molecule has 0 aromatic rings. The molecule has 1 saturated carbocycles. The number of carbonyl (C=O) groups is 2. The Bertz CT molecular complexity index is 502. The summed E-state index contributed by atoms with van der Waals surface area (Å²) in [5, 5.41) is 0. The molecule has 1 atom stereocenters. The van der Waals surface area contributed by atoms with Crippen LogP contribution in [0.25, 0.3) is 0 Å². The first-order valence-corrected chi connectivity index (χ1v) is 10.8. The predicted molar refractivity (Wildman–Crippen MR) is 105 cm³/mol. The van der Waals surface area contributed by atoms with Gasteiger partial charge in [-0.25, -0.2) is 0 Å². The molecule has 0 spiro atoms. The quantitative estimate of drug-likeness (QED) is 0.681. The third-order valence-corrected chi connectivity index (χ3v) is 6.96. The first kappa shape index (κ1) is 19.6. The molecule has 0 aromatic carbocycles. The van der Waals surface area contributed by atoms with Gasteiger partial charge in [-0.05, 0) is 63.3 Å². The molecule has 0 aromatic heterocycles. The summed E-state index contributed by atoms with van der Waals surface area (Å²) in [6.45, 7) is 11.3. The van der Waals surface area contributed by atoms with Crippen molar-refractivity contribution in [3.8, 4) is 0 Å². The van der Waals surface area contributed by atoms with Crippen molar-refractivity contribution in [1.82, 2.24) is 9.80 Å². The Morgan fingerprint density at radius 2 is 1.62 bits per heavy atom. The second-order valence-electron chi connectivity index (χ2n) is 8.68. The van der Waals surface area contributed by atoms with Gasteiger partial charge in [0.15, 0.2) is 0 Å². The maximum atomic E-state index is 12.9. The third-order valence-electron chi connectivity index (χ3n) is 6.96. The summed E-state index contributed by atoms with van der Waals surface area (Å²) in [5.74, 6) is 2.54. The van der Waals surface area contributed by atoms with Crippen LogP contribution >= 0.6 is 0 Å². The van der Waals surface area contributed by atoms with Crippen LogP contribution in [0.3, 0.4) is 0 Å². The molecular formula is C22H36N2O2. The molecule has 2 heterocycles. The maximum absolute atomic E-state index is 12.9. The van der Waals surface area contributed by atoms with Crippen LogP contribution in [0.15, 0.2) is 12.7 Å². The Kier molecular flexibility index (Phi) is 6.91. The van der Waals surface area contributed by atoms with E-state index in [1.807, 2.05) is 6.92 Å². The van der Waals surface area contributed by atoms with E-state index in [0.717, 1.165) is 57.5 Å². The third kappa shape index (κ3) is 4.76. The molecule has 0 bridgehead atoms. The van der Waals surface area contributed by atoms with Crippen LogP contribution in [-0.2, 0) is 9.59 Å². The number of ketones is 1. The van der Waals surface area contributed by atoms with Gasteiger partial charge in [0.05, 0.1) is 0 Å². The molecule has 1 unspecified atom stereocenters. The summed E-state index contributed by atoms with van der Waals surface area (Å²) < 4.78 is 0. The summed E-state index contributed by atoms with van der Waals surface area (Å²) in [7, 11) is 0. The van der Waals surface area contributed by atoms with Gasteiger partial charge in [0.2, 0.25) is 5.91 Å². The maximum Gasteiger partial charge on any atom is 0.225 e. The van der Waals surface area contributed by atoms with Gasteiger partial charge < -0.3 is 9.80 Å². The highest BCUT2D eigenvalue weighted by atomic mass is 16.2. The van der Waals surface area contributed by atoms with Crippen LogP contribution in [0.4, 0.5) is 0 Å². The number of hydrogen-bond donors (Lipinski definition) is 0. The largest absolute Gasteiger partial charge is 0.342 e. The highest BCUT2D eigenvalue weighted by Crippen LogP contribution is 2.32. The minimum Gasteiger partial charge on any atom is -0.342 e. The highest BCUT2D eigenvalue weighted by molar-refractivity contribution is 5.82. The van der Waals surface area contributed by atoms with Gasteiger partial charge in [-0.15, -0.1) is 6.58 Å². The molecular weight excluding hydrogens is 324 g/mol. The molecule has 2 saturated heterocycles. The molecule has 3 rings (SSSR count). The van der Waals surface area contributed by atoms with E-state index in [2.05, 4.69) is 22.5 Å². The molecule has 1 aliphatic carbocycles. The molecule has 26 heavy (non-hydrogen) atoms. The summed E-state index contributed by atoms with van der Waals surface area (Å²) in [5.41, 5.74) is 0. The Morgan fingerprint density at radius 1 is 0.962 bits per heavy atom. The zero-order valence-corrected chi connectivity index (χ0v) is 16.5. The van der Waals surface area contributed by atoms with E-state index in [-0.39, 0.29) is 11.8 Å². The van der Waals surface area contributed by atoms with Gasteiger partial charge in [-0.2, -0.15) is 0 Å². The molecule has 2 aliphatic heterocycles. The van der Waals surface area contributed by atoms with Crippen LogP contribution < -0.4 is 0 Å². The van der Waals surface area contributed by atoms with Gasteiger partial charge in [-0.3, -0.25) is 9.59 Å². The van der Waals surface area contributed by atoms with E-state index in [1.54, 1.807) is 0 Å². The lowest BCUT2D eigenvalue weighted by atomic mass is 9.78. The summed E-state index contributed by atoms with van der Waals surface area (Å²) in [6, 6.07) is 0. The summed E-state index contributed by atoms with van der Waals surface area (Å²) >= 11 is 0. The van der Waals surface area contributed by atoms with Crippen LogP contribution in [0, 0.1) is 23.7 Å². The minimum absolute atomic E-state index is 0.166. The first-order chi connectivity index (χ1) is 12.6. The lowest BCUT2D eigenvalue weighted by molar-refractivity contribution is -0.139. The Hall–Kier alpha value is -1.16. The first-order valence-electron chi connectivity index (χ1n) is 10.8. The smallest absolute Gasteiger partial charge is 0.225 e. The van der Waals surface area contributed by atoms with Crippen LogP contribution in [-0.4, -0.2) is 54.2 Å². The number of hydrogen-bond acceptors (Lipinski definition) is 3. The number of likely N-dealkylation sites (tertiary alicyclic amines) is 2. The number of rotatable bonds is 6. The number of nitrogens with zero attached hydrogens (tertiary/aromatic N) is 2. The SMILES string of the molecule is C=CC1CCN(CC2CCN(C(=O)C3CCC(C(=O)CC)CC3)CC2)C1. The average molecular weight is 361 g/mol. The lowest BCUT2D eigenvalue weighted by Gasteiger charge is -2.37. The second kappa shape index (κ2) is 9.16. The van der Waals surface area contributed by atoms with E-state index in [1.165, 1.54) is 26.1 Å².